The molecule has 1 fully saturated rings. The molecule has 1 aliphatic heterocycles. The first-order valence-electron chi connectivity index (χ1n) is 3.04. The van der Waals surface area contributed by atoms with Gasteiger partial charge in [0.15, 0.2) is 5.78 Å². The van der Waals surface area contributed by atoms with Crippen LogP contribution in [0.5, 0.6) is 0 Å². The van der Waals surface area contributed by atoms with Gasteiger partial charge < -0.3 is 4.74 Å². The van der Waals surface area contributed by atoms with Crippen molar-refractivity contribution in [1.29, 1.82) is 0 Å². The monoisotopic (exact) mass is 126 g/mol. The average molecular weight is 126 g/mol. The third-order valence-electron chi connectivity index (χ3n) is 1.37. The predicted octanol–water partition coefficient (Wildman–Crippen LogP) is 0.919. The molecule has 0 aliphatic carbocycles. The zero-order chi connectivity index (χ0) is 6.85. The maximum Gasteiger partial charge on any atom is 0.167 e. The molecular formula is C7H10O2. The maximum atomic E-state index is 10.8. The van der Waals surface area contributed by atoms with Gasteiger partial charge in [-0.3, -0.25) is 4.79 Å². The molecule has 1 aliphatic rings. The molecular weight excluding hydrogens is 116 g/mol. The lowest BCUT2D eigenvalue weighted by atomic mass is 10.2. The fraction of sp³-hybridized carbons (Fsp3) is 0.571. The molecule has 0 aromatic carbocycles. The van der Waals surface area contributed by atoms with Crippen LogP contribution >= 0.6 is 0 Å². The van der Waals surface area contributed by atoms with Gasteiger partial charge in [-0.05, 0) is 6.92 Å². The molecule has 2 nitrogen and oxygen atoms in total. The van der Waals surface area contributed by atoms with Gasteiger partial charge in [0, 0.05) is 6.42 Å². The third-order valence-corrected chi connectivity index (χ3v) is 1.37. The van der Waals surface area contributed by atoms with Gasteiger partial charge in [-0.25, -0.2) is 0 Å². The standard InChI is InChI=1S/C7H10O2/c1-3-4-6(8)7-5(2)9-7/h3,5,7H,1,4H2,2H3. The quantitative estimate of drug-likeness (QED) is 0.415. The Morgan fingerprint density at radius 1 is 1.89 bits per heavy atom. The maximum absolute atomic E-state index is 10.8. The number of carbonyl (C=O) groups excluding carboxylic acids is 1. The summed E-state index contributed by atoms with van der Waals surface area (Å²) in [6.07, 6.45) is 2.08. The molecule has 0 radical (unpaired) electrons. The molecule has 0 aromatic rings. The molecule has 0 spiro atoms. The van der Waals surface area contributed by atoms with Crippen molar-refractivity contribution in [3.8, 4) is 0 Å². The second kappa shape index (κ2) is 2.31. The number of Topliss-reactive ketones (excluding diaryl/α,β-unsaturated/α-hetero) is 1. The number of hydrogen-bond donors (Lipinski definition) is 0. The molecule has 2 unspecified atom stereocenters. The largest absolute Gasteiger partial charge is 0.362 e. The van der Waals surface area contributed by atoms with Gasteiger partial charge in [0.2, 0.25) is 0 Å². The molecule has 0 aromatic heterocycles. The van der Waals surface area contributed by atoms with Crippen LogP contribution in [0.3, 0.4) is 0 Å². The Labute approximate surface area is 54.5 Å². The van der Waals surface area contributed by atoms with Crippen molar-refractivity contribution in [3.05, 3.63) is 12.7 Å². The summed E-state index contributed by atoms with van der Waals surface area (Å²) in [5, 5.41) is 0. The van der Waals surface area contributed by atoms with E-state index < -0.39 is 0 Å². The minimum absolute atomic E-state index is 0.122. The van der Waals surface area contributed by atoms with Crippen LogP contribution in [0.25, 0.3) is 0 Å². The van der Waals surface area contributed by atoms with Crippen LogP contribution in [0.4, 0.5) is 0 Å². The van der Waals surface area contributed by atoms with E-state index in [1.54, 1.807) is 6.08 Å². The number of allylic oxidation sites excluding steroid dienone is 1. The van der Waals surface area contributed by atoms with Crippen LogP contribution in [-0.4, -0.2) is 18.0 Å². The second-order valence-electron chi connectivity index (χ2n) is 2.22. The minimum atomic E-state index is -0.122. The first-order chi connectivity index (χ1) is 4.25. The molecule has 9 heavy (non-hydrogen) atoms. The van der Waals surface area contributed by atoms with Crippen molar-refractivity contribution >= 4 is 5.78 Å². The lowest BCUT2D eigenvalue weighted by Crippen LogP contribution is -2.06. The van der Waals surface area contributed by atoms with Crippen LogP contribution in [0.2, 0.25) is 0 Å². The Bertz CT molecular complexity index is 140. The summed E-state index contributed by atoms with van der Waals surface area (Å²) < 4.78 is 4.93. The zero-order valence-corrected chi connectivity index (χ0v) is 5.46. The third kappa shape index (κ3) is 1.39. The number of epoxide rings is 1. The van der Waals surface area contributed by atoms with Crippen molar-refractivity contribution in [2.75, 3.05) is 0 Å². The summed E-state index contributed by atoms with van der Waals surface area (Å²) >= 11 is 0. The highest BCUT2D eigenvalue weighted by Gasteiger charge is 2.39. The van der Waals surface area contributed by atoms with E-state index in [0.717, 1.165) is 0 Å². The fourth-order valence-corrected chi connectivity index (χ4v) is 0.782. The van der Waals surface area contributed by atoms with Crippen LogP contribution < -0.4 is 0 Å². The molecule has 1 rings (SSSR count). The molecule has 0 N–H and O–H groups in total. The highest BCUT2D eigenvalue weighted by Crippen LogP contribution is 2.22. The van der Waals surface area contributed by atoms with Crippen molar-refractivity contribution in [2.24, 2.45) is 0 Å². The molecule has 1 heterocycles. The summed E-state index contributed by atoms with van der Waals surface area (Å²) in [6.45, 7) is 5.35. The van der Waals surface area contributed by atoms with E-state index in [1.165, 1.54) is 0 Å². The summed E-state index contributed by atoms with van der Waals surface area (Å²) in [6, 6.07) is 0. The molecule has 0 saturated carbocycles. The summed E-state index contributed by atoms with van der Waals surface area (Å²) in [7, 11) is 0. The number of hydrogen-bond acceptors (Lipinski definition) is 2. The molecule has 50 valence electrons. The lowest BCUT2D eigenvalue weighted by Gasteiger charge is -1.85. The highest BCUT2D eigenvalue weighted by molar-refractivity contribution is 5.86. The van der Waals surface area contributed by atoms with Crippen LogP contribution in [0.1, 0.15) is 13.3 Å². The van der Waals surface area contributed by atoms with Gasteiger partial charge in [0.25, 0.3) is 0 Å². The second-order valence-corrected chi connectivity index (χ2v) is 2.22. The van der Waals surface area contributed by atoms with Crippen molar-refractivity contribution < 1.29 is 9.53 Å². The van der Waals surface area contributed by atoms with Crippen LogP contribution in [-0.2, 0) is 9.53 Å². The Morgan fingerprint density at radius 3 is 2.78 bits per heavy atom. The Kier molecular flexibility index (Phi) is 1.67. The summed E-state index contributed by atoms with van der Waals surface area (Å²) in [4.78, 5) is 10.8. The lowest BCUT2D eigenvalue weighted by molar-refractivity contribution is -0.119. The van der Waals surface area contributed by atoms with E-state index in [2.05, 4.69) is 6.58 Å². The topological polar surface area (TPSA) is 29.6 Å². The molecule has 2 atom stereocenters. The minimum Gasteiger partial charge on any atom is -0.362 e. The van der Waals surface area contributed by atoms with E-state index in [4.69, 9.17) is 4.74 Å². The van der Waals surface area contributed by atoms with E-state index in [-0.39, 0.29) is 18.0 Å². The first-order valence-corrected chi connectivity index (χ1v) is 3.04. The molecule has 0 bridgehead atoms. The van der Waals surface area contributed by atoms with Crippen LogP contribution in [0, 0.1) is 0 Å². The Balaban J connectivity index is 2.27. The van der Waals surface area contributed by atoms with E-state index >= 15 is 0 Å². The average Bonchev–Trinajstić information content (AvgIpc) is 2.47. The fourth-order valence-electron chi connectivity index (χ4n) is 0.782. The Morgan fingerprint density at radius 2 is 2.44 bits per heavy atom. The number of rotatable bonds is 3. The Hall–Kier alpha value is -0.630. The zero-order valence-electron chi connectivity index (χ0n) is 5.46. The predicted molar refractivity (Wildman–Crippen MR) is 34.2 cm³/mol. The first kappa shape index (κ1) is 6.49. The summed E-state index contributed by atoms with van der Waals surface area (Å²) in [5.41, 5.74) is 0. The van der Waals surface area contributed by atoms with Gasteiger partial charge in [0.05, 0.1) is 6.10 Å². The van der Waals surface area contributed by atoms with Gasteiger partial charge in [-0.1, -0.05) is 6.08 Å². The molecule has 2 heteroatoms. The van der Waals surface area contributed by atoms with Crippen molar-refractivity contribution in [1.82, 2.24) is 0 Å². The molecule has 0 amide bonds. The smallest absolute Gasteiger partial charge is 0.167 e. The normalized spacial score (nSPS) is 31.7. The van der Waals surface area contributed by atoms with Crippen molar-refractivity contribution in [3.63, 3.8) is 0 Å². The van der Waals surface area contributed by atoms with E-state index in [9.17, 15) is 4.79 Å². The number of ketones is 1. The van der Waals surface area contributed by atoms with E-state index in [0.29, 0.717) is 6.42 Å². The van der Waals surface area contributed by atoms with Gasteiger partial charge in [-0.2, -0.15) is 0 Å². The highest BCUT2D eigenvalue weighted by atomic mass is 16.6. The van der Waals surface area contributed by atoms with Gasteiger partial charge in [-0.15, -0.1) is 6.58 Å². The summed E-state index contributed by atoms with van der Waals surface area (Å²) in [5.74, 6) is 0.150. The number of carbonyl (C=O) groups is 1. The SMILES string of the molecule is C=CCC(=O)C1OC1C. The van der Waals surface area contributed by atoms with Crippen LogP contribution in [0.15, 0.2) is 12.7 Å². The van der Waals surface area contributed by atoms with Crippen molar-refractivity contribution in [2.45, 2.75) is 25.6 Å². The number of ether oxygens (including phenoxy) is 1. The van der Waals surface area contributed by atoms with E-state index in [1.807, 2.05) is 6.92 Å². The van der Waals surface area contributed by atoms with Gasteiger partial charge >= 0.3 is 0 Å². The molecule has 1 saturated heterocycles. The van der Waals surface area contributed by atoms with Gasteiger partial charge in [0.1, 0.15) is 6.10 Å².